The van der Waals surface area contributed by atoms with Crippen LogP contribution in [0.5, 0.6) is 11.5 Å². The maximum atomic E-state index is 14.9. The van der Waals surface area contributed by atoms with Crippen LogP contribution in [-0.4, -0.2) is 50.9 Å². The molecule has 1 aromatic carbocycles. The topological polar surface area (TPSA) is 89.4 Å². The lowest BCUT2D eigenvalue weighted by Gasteiger charge is -2.22. The maximum Gasteiger partial charge on any atom is 0.317 e. The van der Waals surface area contributed by atoms with Crippen LogP contribution in [-0.2, 0) is 17.8 Å². The monoisotopic (exact) mass is 563 g/mol. The largest absolute Gasteiger partial charge is 0.453 e. The Morgan fingerprint density at radius 1 is 1.15 bits per heavy atom. The molecule has 40 heavy (non-hydrogen) atoms. The Balaban J connectivity index is 1.27. The number of rotatable bonds is 13. The van der Waals surface area contributed by atoms with Gasteiger partial charge in [0.05, 0.1) is 27.1 Å². The summed E-state index contributed by atoms with van der Waals surface area (Å²) in [5, 5.41) is 2.86. The Hall–Kier alpha value is -3.79. The second kappa shape index (κ2) is 12.6. The van der Waals surface area contributed by atoms with Crippen LogP contribution in [0.25, 0.3) is 20.8 Å². The number of halogens is 1. The maximum absolute atomic E-state index is 14.9. The summed E-state index contributed by atoms with van der Waals surface area (Å²) in [5.41, 5.74) is 2.19. The number of ether oxygens (including phenoxy) is 1. The van der Waals surface area contributed by atoms with E-state index in [4.69, 9.17) is 4.74 Å². The van der Waals surface area contributed by atoms with E-state index in [2.05, 4.69) is 22.2 Å². The van der Waals surface area contributed by atoms with Crippen LogP contribution in [0.3, 0.4) is 0 Å². The highest BCUT2D eigenvalue weighted by Crippen LogP contribution is 2.39. The van der Waals surface area contributed by atoms with Gasteiger partial charge in [-0.1, -0.05) is 13.0 Å². The third-order valence-electron chi connectivity index (χ3n) is 6.83. The van der Waals surface area contributed by atoms with Gasteiger partial charge in [0.2, 0.25) is 0 Å². The molecule has 5 rings (SSSR count). The van der Waals surface area contributed by atoms with E-state index >= 15 is 0 Å². The third-order valence-corrected chi connectivity index (χ3v) is 7.99. The molecule has 0 aliphatic heterocycles. The molecule has 1 saturated carbocycles. The van der Waals surface area contributed by atoms with Crippen molar-refractivity contribution in [1.29, 1.82) is 0 Å². The number of nitrogens with one attached hydrogen (secondary N) is 1. The predicted octanol–water partition coefficient (Wildman–Crippen LogP) is 6.44. The van der Waals surface area contributed by atoms with Crippen molar-refractivity contribution < 1.29 is 18.7 Å². The summed E-state index contributed by atoms with van der Waals surface area (Å²) in [7, 11) is 0. The van der Waals surface area contributed by atoms with Crippen molar-refractivity contribution in [2.24, 2.45) is 5.92 Å². The number of nitrogens with zero attached hydrogens (tertiary/aromatic N) is 4. The summed E-state index contributed by atoms with van der Waals surface area (Å²) in [6.45, 7) is 6.47. The minimum Gasteiger partial charge on any atom is -0.453 e. The first-order chi connectivity index (χ1) is 19.4. The summed E-state index contributed by atoms with van der Waals surface area (Å²) in [4.78, 5) is 36.2. The Labute approximate surface area is 237 Å². The molecule has 0 spiro atoms. The van der Waals surface area contributed by atoms with Gasteiger partial charge in [-0.25, -0.2) is 14.2 Å². The Morgan fingerprint density at radius 2 is 2.00 bits per heavy atom. The molecule has 1 aliphatic carbocycles. The molecule has 1 N–H and O–H groups in total. The number of ketones is 1. The number of Topliss-reactive ketones (excluding diaryl/α,β-unsaturated/α-hetero) is 1. The molecule has 210 valence electrons. The molecule has 4 aromatic rings. The molecule has 10 heteroatoms. The number of hydrogen-bond acceptors (Lipinski definition) is 6. The van der Waals surface area contributed by atoms with E-state index in [0.29, 0.717) is 49.8 Å². The fourth-order valence-electron chi connectivity index (χ4n) is 4.61. The van der Waals surface area contributed by atoms with E-state index in [9.17, 15) is 14.0 Å². The molecule has 1 fully saturated rings. The van der Waals surface area contributed by atoms with Crippen molar-refractivity contribution in [2.45, 2.75) is 52.5 Å². The predicted molar refractivity (Wildman–Crippen MR) is 154 cm³/mol. The Morgan fingerprint density at radius 3 is 2.75 bits per heavy atom. The Kier molecular flexibility index (Phi) is 8.74. The first-order valence-electron chi connectivity index (χ1n) is 13.8. The van der Waals surface area contributed by atoms with Gasteiger partial charge < -0.3 is 19.5 Å². The fourth-order valence-corrected chi connectivity index (χ4v) is 5.64. The average Bonchev–Trinajstić information content (AvgIpc) is 3.42. The van der Waals surface area contributed by atoms with Crippen molar-refractivity contribution in [1.82, 2.24) is 24.8 Å². The van der Waals surface area contributed by atoms with Gasteiger partial charge in [-0.05, 0) is 55.9 Å². The Bertz CT molecular complexity index is 1500. The molecule has 2 amide bonds. The average molecular weight is 564 g/mol. The second-order valence-electron chi connectivity index (χ2n) is 10.2. The molecule has 3 heterocycles. The molecule has 0 saturated heterocycles. The zero-order valence-corrected chi connectivity index (χ0v) is 23.7. The van der Waals surface area contributed by atoms with Crippen LogP contribution in [0.2, 0.25) is 0 Å². The minimum atomic E-state index is -0.498. The molecular weight excluding hydrogens is 529 g/mol. The standard InChI is InChI=1S/C30H34FN5O3S/c1-3-11-36(30(38)32-4-2)13-12-35-18-25(34-19-35)28-17-24-29(40-28)27(9-10-33-24)39-26-8-7-21(16-23(26)31)15-22(37)14-20-5-6-20/h7-10,16-20H,3-6,11-15H2,1-2H3,(H,32,38). The van der Waals surface area contributed by atoms with Crippen LogP contribution in [0, 0.1) is 11.7 Å². The third kappa shape index (κ3) is 6.85. The number of aromatic nitrogens is 3. The van der Waals surface area contributed by atoms with Gasteiger partial charge in [-0.3, -0.25) is 9.78 Å². The normalized spacial score (nSPS) is 13.0. The molecule has 0 radical (unpaired) electrons. The minimum absolute atomic E-state index is 0.0547. The second-order valence-corrected chi connectivity index (χ2v) is 11.2. The summed E-state index contributed by atoms with van der Waals surface area (Å²) >= 11 is 1.48. The number of hydrogen-bond donors (Lipinski definition) is 1. The van der Waals surface area contributed by atoms with E-state index in [1.165, 1.54) is 17.4 Å². The number of urea groups is 1. The van der Waals surface area contributed by atoms with Gasteiger partial charge in [0.1, 0.15) is 11.5 Å². The molecule has 0 bridgehead atoms. The SMILES string of the molecule is CCCN(CCn1cnc(-c2cc3nccc(Oc4ccc(CC(=O)CC5CC5)cc4F)c3s2)c1)C(=O)NCC. The lowest BCUT2D eigenvalue weighted by molar-refractivity contribution is -0.118. The number of imidazole rings is 1. The highest BCUT2D eigenvalue weighted by Gasteiger charge is 2.24. The smallest absolute Gasteiger partial charge is 0.317 e. The number of thiophene rings is 1. The number of amides is 2. The van der Waals surface area contributed by atoms with Gasteiger partial charge in [-0.15, -0.1) is 11.3 Å². The summed E-state index contributed by atoms with van der Waals surface area (Å²) in [5.74, 6) is 0.791. The van der Waals surface area contributed by atoms with Gasteiger partial charge in [0.15, 0.2) is 11.6 Å². The number of carbonyl (C=O) groups is 2. The van der Waals surface area contributed by atoms with E-state index < -0.39 is 5.82 Å². The summed E-state index contributed by atoms with van der Waals surface area (Å²) in [6.07, 6.45) is 9.32. The van der Waals surface area contributed by atoms with E-state index in [-0.39, 0.29) is 24.0 Å². The number of benzene rings is 1. The number of pyridine rings is 1. The van der Waals surface area contributed by atoms with Gasteiger partial charge in [0, 0.05) is 57.5 Å². The van der Waals surface area contributed by atoms with Crippen LogP contribution in [0.15, 0.2) is 49.1 Å². The molecule has 0 unspecified atom stereocenters. The van der Waals surface area contributed by atoms with Crippen molar-refractivity contribution in [2.75, 3.05) is 19.6 Å². The van der Waals surface area contributed by atoms with E-state index in [0.717, 1.165) is 40.1 Å². The van der Waals surface area contributed by atoms with Crippen LogP contribution in [0.4, 0.5) is 9.18 Å². The van der Waals surface area contributed by atoms with E-state index in [1.54, 1.807) is 30.7 Å². The van der Waals surface area contributed by atoms with Crippen molar-refractivity contribution in [3.63, 3.8) is 0 Å². The zero-order chi connectivity index (χ0) is 28.1. The van der Waals surface area contributed by atoms with Crippen molar-refractivity contribution >= 4 is 33.4 Å². The zero-order valence-electron chi connectivity index (χ0n) is 22.9. The van der Waals surface area contributed by atoms with Crippen LogP contribution >= 0.6 is 11.3 Å². The highest BCUT2D eigenvalue weighted by atomic mass is 32.1. The first kappa shape index (κ1) is 27.8. The molecule has 8 nitrogen and oxygen atoms in total. The van der Waals surface area contributed by atoms with Crippen LogP contribution < -0.4 is 10.1 Å². The molecule has 0 atom stereocenters. The number of fused-ring (bicyclic) bond motifs is 1. The van der Waals surface area contributed by atoms with Crippen molar-refractivity contribution in [3.05, 3.63) is 60.4 Å². The molecule has 3 aromatic heterocycles. The summed E-state index contributed by atoms with van der Waals surface area (Å²) in [6, 6.07) is 8.33. The lowest BCUT2D eigenvalue weighted by atomic mass is 10.0. The first-order valence-corrected chi connectivity index (χ1v) is 14.7. The van der Waals surface area contributed by atoms with Gasteiger partial charge in [0.25, 0.3) is 0 Å². The molecule has 1 aliphatic rings. The molecular formula is C30H34FN5O3S. The fraction of sp³-hybridized carbons (Fsp3) is 0.400. The van der Waals surface area contributed by atoms with Gasteiger partial charge >= 0.3 is 6.03 Å². The van der Waals surface area contributed by atoms with Crippen molar-refractivity contribution in [3.8, 4) is 22.1 Å². The highest BCUT2D eigenvalue weighted by molar-refractivity contribution is 7.22. The van der Waals surface area contributed by atoms with Gasteiger partial charge in [-0.2, -0.15) is 0 Å². The van der Waals surface area contributed by atoms with E-state index in [1.807, 2.05) is 28.7 Å². The lowest BCUT2D eigenvalue weighted by Crippen LogP contribution is -2.41. The number of carbonyl (C=O) groups excluding carboxylic acids is 2. The summed E-state index contributed by atoms with van der Waals surface area (Å²) < 4.78 is 23.7. The van der Waals surface area contributed by atoms with Crippen LogP contribution in [0.1, 0.15) is 45.1 Å². The quantitative estimate of drug-likeness (QED) is 0.202.